The van der Waals surface area contributed by atoms with Crippen molar-refractivity contribution < 1.29 is 83.0 Å². The predicted molar refractivity (Wildman–Crippen MR) is 378 cm³/mol. The number of hydrogen-bond acceptors (Lipinski definition) is 20. The average Bonchev–Trinajstić information content (AvgIpc) is 1.80. The van der Waals surface area contributed by atoms with Gasteiger partial charge in [-0.3, -0.25) is 52.7 Å². The van der Waals surface area contributed by atoms with Gasteiger partial charge in [-0.25, -0.2) is 4.68 Å². The van der Waals surface area contributed by atoms with Crippen LogP contribution >= 0.6 is 0 Å². The molecule has 0 bridgehead atoms. The van der Waals surface area contributed by atoms with E-state index in [2.05, 4.69) is 58.2 Å². The number of rotatable bonds is 21. The van der Waals surface area contributed by atoms with Gasteiger partial charge in [0.1, 0.15) is 90.6 Å². The molecule has 15 atom stereocenters. The molecule has 3 aliphatic heterocycles. The second kappa shape index (κ2) is 38.5. The highest BCUT2D eigenvalue weighted by Gasteiger charge is 2.45. The first-order chi connectivity index (χ1) is 50.1. The lowest BCUT2D eigenvalue weighted by molar-refractivity contribution is -0.284. The second-order valence-corrected chi connectivity index (χ2v) is 27.6. The molecule has 11 amide bonds. The third-order valence-corrected chi connectivity index (χ3v) is 18.5. The number of aliphatic hydroxyl groups is 4. The van der Waals surface area contributed by atoms with E-state index in [1.165, 1.54) is 35.4 Å². The van der Waals surface area contributed by atoms with Crippen LogP contribution in [0.5, 0.6) is 5.75 Å². The molecule has 8 rings (SSSR count). The van der Waals surface area contributed by atoms with Crippen LogP contribution in [0.1, 0.15) is 101 Å². The number of aromatic nitrogens is 3. The van der Waals surface area contributed by atoms with E-state index in [1.54, 1.807) is 105 Å². The van der Waals surface area contributed by atoms with Gasteiger partial charge in [-0.2, -0.15) is 0 Å². The molecule has 32 nitrogen and oxygen atoms in total. The third kappa shape index (κ3) is 23.4. The molecule has 0 saturated carbocycles. The van der Waals surface area contributed by atoms with Crippen molar-refractivity contribution in [1.29, 1.82) is 0 Å². The highest BCUT2D eigenvalue weighted by atomic mass is 16.6. The van der Waals surface area contributed by atoms with Gasteiger partial charge in [0.25, 0.3) is 0 Å². The number of aromatic hydroxyl groups is 1. The summed E-state index contributed by atoms with van der Waals surface area (Å²) in [5.41, 5.74) is 13.7. The van der Waals surface area contributed by atoms with Crippen LogP contribution in [0, 0.1) is 11.8 Å². The fraction of sp³-hybridized carbons (Fsp3) is 0.493. The van der Waals surface area contributed by atoms with Crippen LogP contribution in [0.2, 0.25) is 0 Å². The summed E-state index contributed by atoms with van der Waals surface area (Å²) in [4.78, 5) is 164. The molecule has 5 aromatic rings. The molecular weight excluding hydrogens is 1360 g/mol. The Hall–Kier alpha value is -10.3. The number of nitrogens with one attached hydrogen (secondary N) is 9. The Bertz CT molecular complexity index is 3780. The minimum atomic E-state index is -1.91. The first-order valence-electron chi connectivity index (χ1n) is 35.3. The van der Waals surface area contributed by atoms with Gasteiger partial charge in [-0.15, -0.1) is 5.10 Å². The molecule has 0 aliphatic carbocycles. The van der Waals surface area contributed by atoms with Gasteiger partial charge >= 0.3 is 0 Å². The molecule has 566 valence electrons. The summed E-state index contributed by atoms with van der Waals surface area (Å²) in [5, 5.41) is 84.9. The van der Waals surface area contributed by atoms with Crippen molar-refractivity contribution in [2.24, 2.45) is 23.3 Å². The van der Waals surface area contributed by atoms with E-state index in [4.69, 9.17) is 16.2 Å². The molecule has 1 aromatic heterocycles. The first-order valence-corrected chi connectivity index (χ1v) is 35.3. The lowest BCUT2D eigenvalue weighted by Crippen LogP contribution is -2.62. The van der Waals surface area contributed by atoms with E-state index in [0.29, 0.717) is 28.7 Å². The number of fused-ring (bicyclic) bond motifs is 1. The van der Waals surface area contributed by atoms with Crippen LogP contribution in [0.15, 0.2) is 121 Å². The summed E-state index contributed by atoms with van der Waals surface area (Å²) in [5.74, 6) is -10.9. The minimum Gasteiger partial charge on any atom is -0.508 e. The number of carbonyl (C=O) groups excluding carboxylic acids is 11. The Labute approximate surface area is 607 Å². The third-order valence-electron chi connectivity index (χ3n) is 18.5. The summed E-state index contributed by atoms with van der Waals surface area (Å²) in [6.45, 7) is 6.58. The van der Waals surface area contributed by atoms with Gasteiger partial charge in [0.2, 0.25) is 65.0 Å². The average molecular weight is 1460 g/mol. The zero-order valence-electron chi connectivity index (χ0n) is 59.0. The van der Waals surface area contributed by atoms with Crippen LogP contribution in [0.3, 0.4) is 0 Å². The summed E-state index contributed by atoms with van der Waals surface area (Å²) >= 11 is 0. The van der Waals surface area contributed by atoms with Crippen molar-refractivity contribution in [3.8, 4) is 5.75 Å². The first kappa shape index (κ1) is 80.4. The topological polar surface area (TPSA) is 492 Å². The smallest absolute Gasteiger partial charge is 0.246 e. The van der Waals surface area contributed by atoms with Crippen LogP contribution in [-0.4, -0.2) is 215 Å². The van der Waals surface area contributed by atoms with Crippen molar-refractivity contribution in [2.75, 3.05) is 13.1 Å². The van der Waals surface area contributed by atoms with Gasteiger partial charge in [0.05, 0.1) is 12.2 Å². The van der Waals surface area contributed by atoms with Gasteiger partial charge < -0.3 is 94.5 Å². The van der Waals surface area contributed by atoms with Crippen LogP contribution in [0.25, 0.3) is 0 Å². The Balaban J connectivity index is 1.23. The number of amides is 11. The summed E-state index contributed by atoms with van der Waals surface area (Å²) in [6, 6.07) is 16.5. The monoisotopic (exact) mass is 1460 g/mol. The molecular formula is C73H97N15O17. The van der Waals surface area contributed by atoms with Gasteiger partial charge in [-0.1, -0.05) is 136 Å². The highest BCUT2D eigenvalue weighted by Crippen LogP contribution is 2.24. The molecule has 3 saturated heterocycles. The maximum absolute atomic E-state index is 15.4. The maximum atomic E-state index is 15.4. The number of aliphatic hydroxyl groups excluding tert-OH is 4. The van der Waals surface area contributed by atoms with E-state index in [9.17, 15) is 49.5 Å². The molecule has 18 N–H and O–H groups in total. The fourth-order valence-electron chi connectivity index (χ4n) is 12.8. The molecule has 32 heteroatoms. The maximum Gasteiger partial charge on any atom is 0.246 e. The summed E-state index contributed by atoms with van der Waals surface area (Å²) < 4.78 is 6.47. The lowest BCUT2D eigenvalue weighted by Gasteiger charge is -2.38. The number of hydrogen-bond donors (Lipinski definition) is 16. The molecule has 3 fully saturated rings. The number of carbonyl (C=O) groups is 11. The number of ether oxygens (including phenoxy) is 1. The molecule has 1 unspecified atom stereocenters. The van der Waals surface area contributed by atoms with E-state index in [0.717, 1.165) is 4.68 Å². The number of benzene rings is 4. The van der Waals surface area contributed by atoms with Gasteiger partial charge in [-0.05, 0) is 91.3 Å². The van der Waals surface area contributed by atoms with E-state index >= 15 is 28.8 Å². The van der Waals surface area contributed by atoms with Crippen molar-refractivity contribution in [3.05, 3.63) is 149 Å². The summed E-state index contributed by atoms with van der Waals surface area (Å²) in [7, 11) is 0. The molecule has 105 heavy (non-hydrogen) atoms. The van der Waals surface area contributed by atoms with Crippen molar-refractivity contribution in [3.63, 3.8) is 0 Å². The second-order valence-electron chi connectivity index (χ2n) is 27.6. The Morgan fingerprint density at radius 1 is 0.524 bits per heavy atom. The zero-order valence-corrected chi connectivity index (χ0v) is 59.0. The van der Waals surface area contributed by atoms with Crippen LogP contribution in [0.4, 0.5) is 0 Å². The number of primary amides is 1. The standard InChI is InChI=1S/C73H97N15O17/c1-40(2)32-50-65(96)83-55(36-44-20-12-7-13-21-44)72(103)88-31-15-23-56(88)70(101)82-52(34-43-18-10-6-11-19-43)67(98)80-51(33-42-16-8-5-9-17-42)66(97)81-54(37-46-38-87(86-85-46)39-57-60(91)61(92)62(93)73(104)105-57)68(99)76-49(28-29-58(75)90)64(95)79-53(35-45-24-26-47(89)27-25-45)69(100)84-59(41(3)4)71(102)77-48(22-14-30-74)63(94)78-50/h5-13,16-21,24-27,38,40-41,48-57,59-62,73,89,91-93,104H,14-15,22-23,28-37,39,74H2,1-4H3,(H2,75,90)(H,76,99)(H,77,102)(H,78,94)(H,79,95)(H,80,98)(H,81,97)(H,82,101)(H,83,96)(H,84,100)/t48-,49-,50-,51+,52-,53-,54-,55+,56-,57+,59-,60-,61-,62+,73?/m0/s1. The van der Waals surface area contributed by atoms with E-state index in [1.807, 2.05) is 13.8 Å². The predicted octanol–water partition coefficient (Wildman–Crippen LogP) is -2.63. The Morgan fingerprint density at radius 2 is 0.962 bits per heavy atom. The van der Waals surface area contributed by atoms with Crippen molar-refractivity contribution in [2.45, 2.75) is 202 Å². The fourth-order valence-corrected chi connectivity index (χ4v) is 12.8. The van der Waals surface area contributed by atoms with Gasteiger partial charge in [0, 0.05) is 51.3 Å². The largest absolute Gasteiger partial charge is 0.508 e. The SMILES string of the molecule is CC(C)C[C@@H]1NC(=O)[C@H](CCCN)NC(=O)[C@H](C(C)C)NC(=O)[C@H](Cc2ccc(O)cc2)NC(=O)[C@H](CCC(N)=O)NC(=O)[C@H](Cc2cn(C[C@H]3OC(O)[C@H](O)[C@@H](O)[C@H]3O)nn2)NC(=O)[C@@H](Cc2ccccc2)NC(=O)[C@H](Cc2ccccc2)NC(=O)[C@@H]2CCCN2C(=O)[C@@H](Cc2ccccc2)NC1=O. The Morgan fingerprint density at radius 3 is 1.48 bits per heavy atom. The number of phenols is 1. The minimum absolute atomic E-state index is 0.0456. The van der Waals surface area contributed by atoms with Crippen LogP contribution < -0.4 is 59.3 Å². The highest BCUT2D eigenvalue weighted by molar-refractivity contribution is 6.00. The van der Waals surface area contributed by atoms with Crippen molar-refractivity contribution >= 4 is 65.0 Å². The molecule has 0 radical (unpaired) electrons. The number of phenolic OH excluding ortho intramolecular Hbond substituents is 1. The lowest BCUT2D eigenvalue weighted by atomic mass is 9.98. The van der Waals surface area contributed by atoms with Crippen molar-refractivity contribution in [1.82, 2.24) is 67.7 Å². The zero-order chi connectivity index (χ0) is 76.0. The number of nitrogens with zero attached hydrogens (tertiary/aromatic N) is 4. The molecule has 4 heterocycles. The summed E-state index contributed by atoms with van der Waals surface area (Å²) in [6.07, 6.45) is -9.21. The molecule has 3 aliphatic rings. The quantitative estimate of drug-likeness (QED) is 0.0357. The molecule has 4 aromatic carbocycles. The van der Waals surface area contributed by atoms with Gasteiger partial charge in [0.15, 0.2) is 6.29 Å². The number of nitrogens with two attached hydrogens (primary N) is 2. The Kier molecular flexibility index (Phi) is 29.5. The van der Waals surface area contributed by atoms with E-state index < -0.39 is 188 Å². The normalized spacial score (nSPS) is 26.9. The molecule has 0 spiro atoms. The van der Waals surface area contributed by atoms with E-state index in [-0.39, 0.29) is 81.8 Å². The van der Waals surface area contributed by atoms with Crippen LogP contribution in [-0.2, 0) is 96.1 Å².